The number of hydrogen-bond acceptors (Lipinski definition) is 4. The van der Waals surface area contributed by atoms with Gasteiger partial charge in [0.1, 0.15) is 11.5 Å². The molecule has 5 nitrogen and oxygen atoms in total. The van der Waals surface area contributed by atoms with Crippen LogP contribution in [0.1, 0.15) is 35.5 Å². The predicted molar refractivity (Wildman–Crippen MR) is 84.7 cm³/mol. The van der Waals surface area contributed by atoms with Gasteiger partial charge in [0.2, 0.25) is 0 Å². The summed E-state index contributed by atoms with van der Waals surface area (Å²) in [6.45, 7) is 8.08. The molecule has 0 saturated carbocycles. The fraction of sp³-hybridized carbons (Fsp3) is 0.312. The summed E-state index contributed by atoms with van der Waals surface area (Å²) in [4.78, 5) is 20.4. The fourth-order valence-corrected chi connectivity index (χ4v) is 1.83. The smallest absolute Gasteiger partial charge is 0.275 e. The van der Waals surface area contributed by atoms with Crippen molar-refractivity contribution in [1.29, 1.82) is 0 Å². The third-order valence-corrected chi connectivity index (χ3v) is 3.09. The van der Waals surface area contributed by atoms with Crippen molar-refractivity contribution in [1.82, 2.24) is 9.97 Å². The second kappa shape index (κ2) is 6.35. The lowest BCUT2D eigenvalue weighted by Crippen LogP contribution is -2.16. The SMILES string of the molecule is Cc1ccc(NC(=O)c2cnc(NC(C)C)cn2)cc1C. The molecule has 5 heteroatoms. The highest BCUT2D eigenvalue weighted by molar-refractivity contribution is 6.02. The summed E-state index contributed by atoms with van der Waals surface area (Å²) in [7, 11) is 0. The Bertz CT molecular complexity index is 635. The van der Waals surface area contributed by atoms with E-state index in [-0.39, 0.29) is 11.9 Å². The number of hydrogen-bond donors (Lipinski definition) is 2. The molecule has 0 aliphatic rings. The van der Waals surface area contributed by atoms with Crippen molar-refractivity contribution in [2.45, 2.75) is 33.7 Å². The Labute approximate surface area is 124 Å². The lowest BCUT2D eigenvalue weighted by atomic mass is 10.1. The number of rotatable bonds is 4. The maximum atomic E-state index is 12.1. The van der Waals surface area contributed by atoms with Gasteiger partial charge in [0.25, 0.3) is 5.91 Å². The third-order valence-electron chi connectivity index (χ3n) is 3.09. The summed E-state index contributed by atoms with van der Waals surface area (Å²) >= 11 is 0. The summed E-state index contributed by atoms with van der Waals surface area (Å²) in [5.41, 5.74) is 3.38. The van der Waals surface area contributed by atoms with Crippen molar-refractivity contribution in [2.75, 3.05) is 10.6 Å². The minimum Gasteiger partial charge on any atom is -0.367 e. The summed E-state index contributed by atoms with van der Waals surface area (Å²) in [5.74, 6) is 0.398. The van der Waals surface area contributed by atoms with Gasteiger partial charge in [-0.15, -0.1) is 0 Å². The molecule has 0 aliphatic heterocycles. The van der Waals surface area contributed by atoms with Gasteiger partial charge in [-0.25, -0.2) is 9.97 Å². The summed E-state index contributed by atoms with van der Waals surface area (Å²) in [6.07, 6.45) is 3.04. The highest BCUT2D eigenvalue weighted by Crippen LogP contribution is 2.15. The molecule has 0 fully saturated rings. The van der Waals surface area contributed by atoms with E-state index in [2.05, 4.69) is 20.6 Å². The molecule has 21 heavy (non-hydrogen) atoms. The molecule has 2 N–H and O–H groups in total. The van der Waals surface area contributed by atoms with Crippen LogP contribution in [0.3, 0.4) is 0 Å². The van der Waals surface area contributed by atoms with E-state index in [4.69, 9.17) is 0 Å². The van der Waals surface area contributed by atoms with Crippen molar-refractivity contribution in [3.05, 3.63) is 47.4 Å². The molecule has 0 radical (unpaired) electrons. The van der Waals surface area contributed by atoms with E-state index in [1.165, 1.54) is 11.8 Å². The molecule has 0 spiro atoms. The standard InChI is InChI=1S/C16H20N4O/c1-10(2)19-15-9-17-14(8-18-15)16(21)20-13-6-5-11(3)12(4)7-13/h5-10H,1-4H3,(H,18,19)(H,20,21). The fourth-order valence-electron chi connectivity index (χ4n) is 1.83. The van der Waals surface area contributed by atoms with Crippen LogP contribution in [0, 0.1) is 13.8 Å². The number of aromatic nitrogens is 2. The molecule has 2 rings (SSSR count). The number of benzene rings is 1. The van der Waals surface area contributed by atoms with Crippen LogP contribution in [0.4, 0.5) is 11.5 Å². The number of carbonyl (C=O) groups is 1. The van der Waals surface area contributed by atoms with Gasteiger partial charge in [-0.1, -0.05) is 6.07 Å². The number of nitrogens with zero attached hydrogens (tertiary/aromatic N) is 2. The van der Waals surface area contributed by atoms with Crippen LogP contribution in [0.5, 0.6) is 0 Å². The van der Waals surface area contributed by atoms with Crippen LogP contribution in [-0.2, 0) is 0 Å². The number of anilines is 2. The molecule has 1 aromatic heterocycles. The number of nitrogens with one attached hydrogen (secondary N) is 2. The average Bonchev–Trinajstić information content (AvgIpc) is 2.43. The molecule has 2 aromatic rings. The molecule has 0 saturated heterocycles. The molecule has 110 valence electrons. The highest BCUT2D eigenvalue weighted by Gasteiger charge is 2.09. The molecular weight excluding hydrogens is 264 g/mol. The largest absolute Gasteiger partial charge is 0.367 e. The van der Waals surface area contributed by atoms with Gasteiger partial charge in [-0.3, -0.25) is 4.79 Å². The molecule has 0 aliphatic carbocycles. The third kappa shape index (κ3) is 4.02. The monoisotopic (exact) mass is 284 g/mol. The number of amides is 1. The molecule has 0 unspecified atom stereocenters. The maximum absolute atomic E-state index is 12.1. The number of carbonyl (C=O) groups excluding carboxylic acids is 1. The van der Waals surface area contributed by atoms with Crippen LogP contribution in [0.2, 0.25) is 0 Å². The quantitative estimate of drug-likeness (QED) is 0.905. The minimum atomic E-state index is -0.262. The molecule has 1 heterocycles. The number of aryl methyl sites for hydroxylation is 2. The normalized spacial score (nSPS) is 10.5. The Hall–Kier alpha value is -2.43. The lowest BCUT2D eigenvalue weighted by Gasteiger charge is -2.09. The van der Waals surface area contributed by atoms with Crippen LogP contribution in [0.15, 0.2) is 30.6 Å². The second-order valence-corrected chi connectivity index (χ2v) is 5.34. The van der Waals surface area contributed by atoms with E-state index in [0.29, 0.717) is 11.5 Å². The van der Waals surface area contributed by atoms with Crippen molar-refractivity contribution in [3.8, 4) is 0 Å². The van der Waals surface area contributed by atoms with Crippen LogP contribution in [0.25, 0.3) is 0 Å². The predicted octanol–water partition coefficient (Wildman–Crippen LogP) is 3.17. The Morgan fingerprint density at radius 1 is 1.10 bits per heavy atom. The first kappa shape index (κ1) is 15.0. The Morgan fingerprint density at radius 2 is 1.86 bits per heavy atom. The van der Waals surface area contributed by atoms with Gasteiger partial charge in [0.05, 0.1) is 12.4 Å². The Balaban J connectivity index is 2.07. The summed E-state index contributed by atoms with van der Waals surface area (Å²) < 4.78 is 0. The first-order chi connectivity index (χ1) is 9.95. The molecule has 0 atom stereocenters. The van der Waals surface area contributed by atoms with E-state index in [0.717, 1.165) is 11.3 Å². The van der Waals surface area contributed by atoms with E-state index >= 15 is 0 Å². The Kier molecular flexibility index (Phi) is 4.52. The van der Waals surface area contributed by atoms with E-state index in [1.807, 2.05) is 45.9 Å². The van der Waals surface area contributed by atoms with Gasteiger partial charge in [0.15, 0.2) is 0 Å². The first-order valence-corrected chi connectivity index (χ1v) is 6.93. The zero-order valence-electron chi connectivity index (χ0n) is 12.8. The van der Waals surface area contributed by atoms with Crippen LogP contribution < -0.4 is 10.6 Å². The van der Waals surface area contributed by atoms with E-state index in [9.17, 15) is 4.79 Å². The van der Waals surface area contributed by atoms with Crippen LogP contribution in [-0.4, -0.2) is 21.9 Å². The molecule has 1 aromatic carbocycles. The van der Waals surface area contributed by atoms with Gasteiger partial charge in [-0.2, -0.15) is 0 Å². The molecule has 0 bridgehead atoms. The van der Waals surface area contributed by atoms with Crippen molar-refractivity contribution in [2.24, 2.45) is 0 Å². The summed E-state index contributed by atoms with van der Waals surface area (Å²) in [5, 5.41) is 5.95. The zero-order valence-corrected chi connectivity index (χ0v) is 12.8. The lowest BCUT2D eigenvalue weighted by molar-refractivity contribution is 0.102. The van der Waals surface area contributed by atoms with Gasteiger partial charge in [-0.05, 0) is 51.0 Å². The molecular formula is C16H20N4O. The minimum absolute atomic E-state index is 0.262. The van der Waals surface area contributed by atoms with Gasteiger partial charge < -0.3 is 10.6 Å². The van der Waals surface area contributed by atoms with Crippen molar-refractivity contribution in [3.63, 3.8) is 0 Å². The second-order valence-electron chi connectivity index (χ2n) is 5.34. The Morgan fingerprint density at radius 3 is 2.43 bits per heavy atom. The summed E-state index contributed by atoms with van der Waals surface area (Å²) in [6, 6.07) is 6.07. The highest BCUT2D eigenvalue weighted by atomic mass is 16.1. The van der Waals surface area contributed by atoms with Gasteiger partial charge in [0, 0.05) is 11.7 Å². The molecule has 1 amide bonds. The van der Waals surface area contributed by atoms with E-state index in [1.54, 1.807) is 6.20 Å². The average molecular weight is 284 g/mol. The first-order valence-electron chi connectivity index (χ1n) is 6.93. The van der Waals surface area contributed by atoms with Crippen molar-refractivity contribution < 1.29 is 4.79 Å². The maximum Gasteiger partial charge on any atom is 0.275 e. The topological polar surface area (TPSA) is 66.9 Å². The van der Waals surface area contributed by atoms with E-state index < -0.39 is 0 Å². The van der Waals surface area contributed by atoms with Crippen LogP contribution >= 0.6 is 0 Å². The van der Waals surface area contributed by atoms with Crippen molar-refractivity contribution >= 4 is 17.4 Å². The zero-order chi connectivity index (χ0) is 15.4. The van der Waals surface area contributed by atoms with Gasteiger partial charge >= 0.3 is 0 Å².